The lowest BCUT2D eigenvalue weighted by Gasteiger charge is -2.37. The summed E-state index contributed by atoms with van der Waals surface area (Å²) in [4.78, 5) is 21.8. The van der Waals surface area contributed by atoms with Gasteiger partial charge in [0.1, 0.15) is 11.7 Å². The minimum absolute atomic E-state index is 0.0797. The third-order valence-electron chi connectivity index (χ3n) is 5.62. The third kappa shape index (κ3) is 5.49. The number of pyridine rings is 1. The molecular weight excluding hydrogens is 366 g/mol. The molecule has 29 heavy (non-hydrogen) atoms. The average molecular weight is 400 g/mol. The standard InChI is InChI=1S/C23H33N3O3/c1-5-10-25(4)14-21-16(2)13-26(17(3)15-27)23(28)20-11-19(9-8-18-6-7-18)12-24-22(20)29-21/h11-12,16-18,21,27H,5-7,10,13-15H2,1-4H3/t16-,17+,21-/m1/s1. The van der Waals surface area contributed by atoms with Crippen LogP contribution in [0, 0.1) is 23.7 Å². The van der Waals surface area contributed by atoms with Crippen LogP contribution in [-0.4, -0.2) is 71.2 Å². The second-order valence-electron chi connectivity index (χ2n) is 8.51. The molecule has 1 aliphatic heterocycles. The molecule has 158 valence electrons. The summed E-state index contributed by atoms with van der Waals surface area (Å²) in [6.07, 6.45) is 4.98. The van der Waals surface area contributed by atoms with E-state index in [-0.39, 0.29) is 30.6 Å². The van der Waals surface area contributed by atoms with Crippen molar-refractivity contribution >= 4 is 5.91 Å². The van der Waals surface area contributed by atoms with Crippen LogP contribution in [0.1, 0.15) is 56.0 Å². The highest BCUT2D eigenvalue weighted by atomic mass is 16.5. The smallest absolute Gasteiger partial charge is 0.259 e. The minimum Gasteiger partial charge on any atom is -0.472 e. The molecule has 1 N–H and O–H groups in total. The molecule has 1 fully saturated rings. The Morgan fingerprint density at radius 1 is 1.45 bits per heavy atom. The number of likely N-dealkylation sites (N-methyl/N-ethyl adjacent to an activating group) is 1. The highest BCUT2D eigenvalue weighted by Gasteiger charge is 2.34. The lowest BCUT2D eigenvalue weighted by molar-refractivity contribution is 0.0331. The Morgan fingerprint density at radius 2 is 2.21 bits per heavy atom. The first kappa shape index (κ1) is 21.6. The van der Waals surface area contributed by atoms with Crippen molar-refractivity contribution in [1.82, 2.24) is 14.8 Å². The van der Waals surface area contributed by atoms with Gasteiger partial charge in [0.05, 0.1) is 12.6 Å². The van der Waals surface area contributed by atoms with Crippen LogP contribution in [0.3, 0.4) is 0 Å². The van der Waals surface area contributed by atoms with E-state index in [1.807, 2.05) is 6.92 Å². The lowest BCUT2D eigenvalue weighted by atomic mass is 10.00. The van der Waals surface area contributed by atoms with Gasteiger partial charge in [-0.25, -0.2) is 4.98 Å². The zero-order chi connectivity index (χ0) is 21.0. The number of carbonyl (C=O) groups is 1. The van der Waals surface area contributed by atoms with Crippen molar-refractivity contribution in [3.05, 3.63) is 23.4 Å². The molecule has 0 bridgehead atoms. The van der Waals surface area contributed by atoms with Crippen molar-refractivity contribution in [3.63, 3.8) is 0 Å². The first-order chi connectivity index (χ1) is 13.9. The molecule has 1 aromatic heterocycles. The van der Waals surface area contributed by atoms with Gasteiger partial charge in [-0.2, -0.15) is 0 Å². The molecule has 6 nitrogen and oxygen atoms in total. The van der Waals surface area contributed by atoms with Crippen LogP contribution in [0.25, 0.3) is 0 Å². The minimum atomic E-state index is -0.272. The van der Waals surface area contributed by atoms with E-state index in [0.29, 0.717) is 23.9 Å². The van der Waals surface area contributed by atoms with Crippen molar-refractivity contribution in [3.8, 4) is 17.7 Å². The highest BCUT2D eigenvalue weighted by molar-refractivity contribution is 5.97. The number of carbonyl (C=O) groups excluding carboxylic acids is 1. The van der Waals surface area contributed by atoms with Gasteiger partial charge in [0.15, 0.2) is 0 Å². The van der Waals surface area contributed by atoms with E-state index >= 15 is 0 Å². The van der Waals surface area contributed by atoms with Crippen LogP contribution >= 0.6 is 0 Å². The van der Waals surface area contributed by atoms with E-state index in [1.165, 1.54) is 0 Å². The second kappa shape index (κ2) is 9.60. The van der Waals surface area contributed by atoms with E-state index in [0.717, 1.165) is 37.9 Å². The van der Waals surface area contributed by atoms with Gasteiger partial charge in [-0.15, -0.1) is 0 Å². The largest absolute Gasteiger partial charge is 0.472 e. The van der Waals surface area contributed by atoms with Gasteiger partial charge in [-0.1, -0.05) is 25.7 Å². The molecule has 6 heteroatoms. The molecule has 1 aromatic rings. The molecule has 1 saturated carbocycles. The van der Waals surface area contributed by atoms with Crippen LogP contribution in [0.5, 0.6) is 5.88 Å². The number of ether oxygens (including phenoxy) is 1. The van der Waals surface area contributed by atoms with Gasteiger partial charge in [-0.3, -0.25) is 4.79 Å². The molecule has 1 aliphatic carbocycles. The normalized spacial score (nSPS) is 22.8. The Balaban J connectivity index is 1.94. The third-order valence-corrected chi connectivity index (χ3v) is 5.62. The van der Waals surface area contributed by atoms with Crippen LogP contribution < -0.4 is 4.74 Å². The number of amides is 1. The van der Waals surface area contributed by atoms with Gasteiger partial charge < -0.3 is 19.6 Å². The predicted molar refractivity (Wildman–Crippen MR) is 113 cm³/mol. The number of hydrogen-bond acceptors (Lipinski definition) is 5. The van der Waals surface area contributed by atoms with Crippen molar-refractivity contribution < 1.29 is 14.6 Å². The number of aliphatic hydroxyl groups excluding tert-OH is 1. The van der Waals surface area contributed by atoms with Crippen molar-refractivity contribution in [2.45, 2.75) is 52.2 Å². The number of aromatic nitrogens is 1. The molecule has 2 aliphatic rings. The maximum Gasteiger partial charge on any atom is 0.259 e. The number of fused-ring (bicyclic) bond motifs is 1. The van der Waals surface area contributed by atoms with Crippen LogP contribution in [0.4, 0.5) is 0 Å². The summed E-state index contributed by atoms with van der Waals surface area (Å²) in [5, 5.41) is 9.72. The fourth-order valence-corrected chi connectivity index (χ4v) is 3.58. The molecule has 3 atom stereocenters. The number of nitrogens with zero attached hydrogens (tertiary/aromatic N) is 3. The Hall–Kier alpha value is -2.10. The molecule has 1 amide bonds. The van der Waals surface area contributed by atoms with Crippen LogP contribution in [0.15, 0.2) is 12.3 Å². The van der Waals surface area contributed by atoms with E-state index in [1.54, 1.807) is 17.2 Å². The molecular formula is C23H33N3O3. The molecule has 2 heterocycles. The molecule has 0 unspecified atom stereocenters. The quantitative estimate of drug-likeness (QED) is 0.744. The Labute approximate surface area is 174 Å². The summed E-state index contributed by atoms with van der Waals surface area (Å²) in [5.41, 5.74) is 1.17. The van der Waals surface area contributed by atoms with Gasteiger partial charge >= 0.3 is 0 Å². The zero-order valence-corrected chi connectivity index (χ0v) is 18.0. The number of rotatable bonds is 6. The number of hydrogen-bond donors (Lipinski definition) is 1. The monoisotopic (exact) mass is 399 g/mol. The molecule has 0 aromatic carbocycles. The van der Waals surface area contributed by atoms with Gasteiger partial charge in [-0.05, 0) is 45.8 Å². The average Bonchev–Trinajstić information content (AvgIpc) is 3.53. The van der Waals surface area contributed by atoms with Gasteiger partial charge in [0.2, 0.25) is 5.88 Å². The van der Waals surface area contributed by atoms with Crippen LogP contribution in [0.2, 0.25) is 0 Å². The predicted octanol–water partition coefficient (Wildman–Crippen LogP) is 2.41. The molecule has 0 saturated heterocycles. The molecule has 3 rings (SSSR count). The fourth-order valence-electron chi connectivity index (χ4n) is 3.58. The summed E-state index contributed by atoms with van der Waals surface area (Å²) in [7, 11) is 2.09. The van der Waals surface area contributed by atoms with Crippen molar-refractivity contribution in [1.29, 1.82) is 0 Å². The number of aliphatic hydroxyl groups is 1. The van der Waals surface area contributed by atoms with Gasteiger partial charge in [0.25, 0.3) is 5.91 Å². The zero-order valence-electron chi connectivity index (χ0n) is 18.0. The van der Waals surface area contributed by atoms with Gasteiger partial charge in [0, 0.05) is 36.7 Å². The van der Waals surface area contributed by atoms with Crippen LogP contribution in [-0.2, 0) is 0 Å². The summed E-state index contributed by atoms with van der Waals surface area (Å²) in [6, 6.07) is 1.52. The van der Waals surface area contributed by atoms with Crippen molar-refractivity contribution in [2.75, 3.05) is 33.3 Å². The topological polar surface area (TPSA) is 65.9 Å². The first-order valence-corrected chi connectivity index (χ1v) is 10.7. The Morgan fingerprint density at radius 3 is 2.86 bits per heavy atom. The fraction of sp³-hybridized carbons (Fsp3) is 0.652. The summed E-state index contributed by atoms with van der Waals surface area (Å²) >= 11 is 0. The van der Waals surface area contributed by atoms with E-state index in [9.17, 15) is 9.90 Å². The Bertz CT molecular complexity index is 781. The maximum atomic E-state index is 13.3. The summed E-state index contributed by atoms with van der Waals surface area (Å²) in [5.74, 6) is 7.16. The van der Waals surface area contributed by atoms with E-state index in [2.05, 4.69) is 42.6 Å². The lowest BCUT2D eigenvalue weighted by Crippen LogP contribution is -2.50. The Kier molecular flexibility index (Phi) is 7.15. The van der Waals surface area contributed by atoms with E-state index < -0.39 is 0 Å². The highest BCUT2D eigenvalue weighted by Crippen LogP contribution is 2.29. The maximum absolute atomic E-state index is 13.3. The summed E-state index contributed by atoms with van der Waals surface area (Å²) in [6.45, 7) is 8.31. The first-order valence-electron chi connectivity index (χ1n) is 10.7. The van der Waals surface area contributed by atoms with Crippen molar-refractivity contribution in [2.24, 2.45) is 11.8 Å². The molecule has 0 spiro atoms. The second-order valence-corrected chi connectivity index (χ2v) is 8.51. The molecule has 0 radical (unpaired) electrons. The SMILES string of the molecule is CCCN(C)C[C@H]1Oc2ncc(C#CC3CC3)cc2C(=O)N([C@@H](C)CO)C[C@H]1C. The van der Waals surface area contributed by atoms with E-state index in [4.69, 9.17) is 4.74 Å². The summed E-state index contributed by atoms with van der Waals surface area (Å²) < 4.78 is 6.28.